The smallest absolute Gasteiger partial charge is 0.238 e. The SMILES string of the molecule is COc1ccccc1NC(=O)CNCc1ncn(C)n1. The van der Waals surface area contributed by atoms with E-state index in [-0.39, 0.29) is 12.5 Å². The molecule has 2 aromatic rings. The van der Waals surface area contributed by atoms with Gasteiger partial charge in [0.05, 0.1) is 25.9 Å². The molecule has 1 aromatic heterocycles. The lowest BCUT2D eigenvalue weighted by Gasteiger charge is -2.09. The molecule has 20 heavy (non-hydrogen) atoms. The third kappa shape index (κ3) is 3.79. The van der Waals surface area contributed by atoms with Crippen LogP contribution in [0.4, 0.5) is 5.69 Å². The van der Waals surface area contributed by atoms with Crippen LogP contribution in [-0.4, -0.2) is 34.3 Å². The lowest BCUT2D eigenvalue weighted by atomic mass is 10.3. The van der Waals surface area contributed by atoms with Gasteiger partial charge in [-0.25, -0.2) is 4.98 Å². The van der Waals surface area contributed by atoms with E-state index in [1.54, 1.807) is 37.3 Å². The van der Waals surface area contributed by atoms with Crippen molar-refractivity contribution in [1.29, 1.82) is 0 Å². The maximum Gasteiger partial charge on any atom is 0.238 e. The van der Waals surface area contributed by atoms with Gasteiger partial charge in [-0.1, -0.05) is 12.1 Å². The molecule has 7 nitrogen and oxygen atoms in total. The van der Waals surface area contributed by atoms with Crippen LogP contribution < -0.4 is 15.4 Å². The van der Waals surface area contributed by atoms with Crippen molar-refractivity contribution in [1.82, 2.24) is 20.1 Å². The normalized spacial score (nSPS) is 10.3. The predicted molar refractivity (Wildman–Crippen MR) is 74.3 cm³/mol. The second kappa shape index (κ2) is 6.67. The number of rotatable bonds is 6. The first-order valence-corrected chi connectivity index (χ1v) is 6.17. The molecule has 1 aromatic carbocycles. The molecule has 1 heterocycles. The van der Waals surface area contributed by atoms with Crippen LogP contribution in [0.5, 0.6) is 5.75 Å². The Hall–Kier alpha value is -2.41. The van der Waals surface area contributed by atoms with Crippen LogP contribution in [-0.2, 0) is 18.4 Å². The van der Waals surface area contributed by atoms with Crippen molar-refractivity contribution >= 4 is 11.6 Å². The third-order valence-corrected chi connectivity index (χ3v) is 2.60. The highest BCUT2D eigenvalue weighted by Gasteiger charge is 2.07. The summed E-state index contributed by atoms with van der Waals surface area (Å²) in [6, 6.07) is 7.26. The van der Waals surface area contributed by atoms with E-state index in [0.29, 0.717) is 23.8 Å². The fourth-order valence-electron chi connectivity index (χ4n) is 1.70. The van der Waals surface area contributed by atoms with E-state index in [1.807, 2.05) is 12.1 Å². The number of nitrogens with zero attached hydrogens (tertiary/aromatic N) is 3. The molecule has 0 atom stereocenters. The van der Waals surface area contributed by atoms with Gasteiger partial charge in [0.15, 0.2) is 5.82 Å². The molecule has 0 aliphatic heterocycles. The zero-order valence-corrected chi connectivity index (χ0v) is 11.5. The Morgan fingerprint density at radius 3 is 2.90 bits per heavy atom. The molecule has 0 radical (unpaired) electrons. The van der Waals surface area contributed by atoms with Gasteiger partial charge in [0.1, 0.15) is 12.1 Å². The summed E-state index contributed by atoms with van der Waals surface area (Å²) in [5, 5.41) is 9.87. The van der Waals surface area contributed by atoms with Gasteiger partial charge in [-0.15, -0.1) is 0 Å². The largest absolute Gasteiger partial charge is 0.495 e. The average molecular weight is 275 g/mol. The first kappa shape index (κ1) is 14.0. The fourth-order valence-corrected chi connectivity index (χ4v) is 1.70. The zero-order chi connectivity index (χ0) is 14.4. The molecule has 0 saturated heterocycles. The Morgan fingerprint density at radius 2 is 2.20 bits per heavy atom. The highest BCUT2D eigenvalue weighted by atomic mass is 16.5. The number of ether oxygens (including phenoxy) is 1. The zero-order valence-electron chi connectivity index (χ0n) is 11.5. The van der Waals surface area contributed by atoms with E-state index in [1.165, 1.54) is 0 Å². The van der Waals surface area contributed by atoms with E-state index < -0.39 is 0 Å². The number of para-hydroxylation sites is 2. The van der Waals surface area contributed by atoms with Gasteiger partial charge in [-0.2, -0.15) is 5.10 Å². The van der Waals surface area contributed by atoms with Gasteiger partial charge >= 0.3 is 0 Å². The van der Waals surface area contributed by atoms with Crippen molar-refractivity contribution in [3.8, 4) is 5.75 Å². The van der Waals surface area contributed by atoms with E-state index in [9.17, 15) is 4.79 Å². The molecule has 7 heteroatoms. The first-order chi connectivity index (χ1) is 9.69. The monoisotopic (exact) mass is 275 g/mol. The number of anilines is 1. The van der Waals surface area contributed by atoms with E-state index >= 15 is 0 Å². The number of nitrogens with one attached hydrogen (secondary N) is 2. The molecule has 0 spiro atoms. The summed E-state index contributed by atoms with van der Waals surface area (Å²) < 4.78 is 6.78. The number of aryl methyl sites for hydroxylation is 1. The number of methoxy groups -OCH3 is 1. The molecular weight excluding hydrogens is 258 g/mol. The van der Waals surface area contributed by atoms with Gasteiger partial charge in [0, 0.05) is 7.05 Å². The van der Waals surface area contributed by atoms with E-state index in [0.717, 1.165) is 0 Å². The Morgan fingerprint density at radius 1 is 1.40 bits per heavy atom. The van der Waals surface area contributed by atoms with Crippen molar-refractivity contribution in [2.75, 3.05) is 19.0 Å². The van der Waals surface area contributed by atoms with E-state index in [2.05, 4.69) is 20.7 Å². The summed E-state index contributed by atoms with van der Waals surface area (Å²) in [7, 11) is 3.36. The van der Waals surface area contributed by atoms with Crippen LogP contribution >= 0.6 is 0 Å². The summed E-state index contributed by atoms with van der Waals surface area (Å²) in [4.78, 5) is 15.9. The molecule has 0 saturated carbocycles. The topological polar surface area (TPSA) is 81.1 Å². The number of amides is 1. The minimum Gasteiger partial charge on any atom is -0.495 e. The molecule has 0 aliphatic rings. The quantitative estimate of drug-likeness (QED) is 0.804. The Balaban J connectivity index is 1.80. The lowest BCUT2D eigenvalue weighted by molar-refractivity contribution is -0.115. The lowest BCUT2D eigenvalue weighted by Crippen LogP contribution is -2.28. The van der Waals surface area contributed by atoms with Crippen molar-refractivity contribution in [3.63, 3.8) is 0 Å². The maximum absolute atomic E-state index is 11.8. The van der Waals surface area contributed by atoms with Gasteiger partial charge < -0.3 is 15.4 Å². The van der Waals surface area contributed by atoms with Crippen LogP contribution in [0.25, 0.3) is 0 Å². The first-order valence-electron chi connectivity index (χ1n) is 6.17. The number of hydrogen-bond donors (Lipinski definition) is 2. The summed E-state index contributed by atoms with van der Waals surface area (Å²) in [5.74, 6) is 1.13. The predicted octanol–water partition coefficient (Wildman–Crippen LogP) is 0.552. The summed E-state index contributed by atoms with van der Waals surface area (Å²) in [6.07, 6.45) is 1.62. The average Bonchev–Trinajstić information content (AvgIpc) is 2.85. The van der Waals surface area contributed by atoms with Gasteiger partial charge in [0.2, 0.25) is 5.91 Å². The number of benzene rings is 1. The molecule has 0 unspecified atom stereocenters. The Labute approximate surface area is 117 Å². The van der Waals surface area contributed by atoms with Gasteiger partial charge in [0.25, 0.3) is 0 Å². The molecular formula is C13H17N5O2. The second-order valence-electron chi connectivity index (χ2n) is 4.19. The fraction of sp³-hybridized carbons (Fsp3) is 0.308. The summed E-state index contributed by atoms with van der Waals surface area (Å²) in [6.45, 7) is 0.622. The molecule has 106 valence electrons. The molecule has 1 amide bonds. The van der Waals surface area contributed by atoms with Gasteiger partial charge in [-0.05, 0) is 12.1 Å². The Bertz CT molecular complexity index is 582. The van der Waals surface area contributed by atoms with E-state index in [4.69, 9.17) is 4.74 Å². The van der Waals surface area contributed by atoms with Crippen molar-refractivity contribution in [3.05, 3.63) is 36.4 Å². The Kier molecular flexibility index (Phi) is 4.67. The minimum atomic E-state index is -0.148. The summed E-state index contributed by atoms with van der Waals surface area (Å²) >= 11 is 0. The standard InChI is InChI=1S/C13H17N5O2/c1-18-9-15-12(17-18)7-14-8-13(19)16-10-5-3-4-6-11(10)20-2/h3-6,9,14H,7-8H2,1-2H3,(H,16,19). The molecule has 0 bridgehead atoms. The molecule has 2 rings (SSSR count). The second-order valence-corrected chi connectivity index (χ2v) is 4.19. The van der Waals surface area contributed by atoms with Crippen LogP contribution in [0.15, 0.2) is 30.6 Å². The van der Waals surface area contributed by atoms with Crippen LogP contribution in [0.3, 0.4) is 0 Å². The number of carbonyl (C=O) groups is 1. The number of carbonyl (C=O) groups excluding carboxylic acids is 1. The van der Waals surface area contributed by atoms with Crippen molar-refractivity contribution in [2.45, 2.75) is 6.54 Å². The van der Waals surface area contributed by atoms with Crippen molar-refractivity contribution < 1.29 is 9.53 Å². The molecule has 2 N–H and O–H groups in total. The maximum atomic E-state index is 11.8. The third-order valence-electron chi connectivity index (χ3n) is 2.60. The highest BCUT2D eigenvalue weighted by Crippen LogP contribution is 2.22. The van der Waals surface area contributed by atoms with Crippen molar-refractivity contribution in [2.24, 2.45) is 7.05 Å². The van der Waals surface area contributed by atoms with Crippen LogP contribution in [0.2, 0.25) is 0 Å². The number of hydrogen-bond acceptors (Lipinski definition) is 5. The molecule has 0 fully saturated rings. The minimum absolute atomic E-state index is 0.148. The van der Waals surface area contributed by atoms with Crippen LogP contribution in [0.1, 0.15) is 5.82 Å². The van der Waals surface area contributed by atoms with Crippen LogP contribution in [0, 0.1) is 0 Å². The number of aromatic nitrogens is 3. The highest BCUT2D eigenvalue weighted by molar-refractivity contribution is 5.93. The summed E-state index contributed by atoms with van der Waals surface area (Å²) in [5.41, 5.74) is 0.651. The van der Waals surface area contributed by atoms with Gasteiger partial charge in [-0.3, -0.25) is 9.48 Å². The molecule has 0 aliphatic carbocycles.